The summed E-state index contributed by atoms with van der Waals surface area (Å²) in [6.45, 7) is 16.4. The second kappa shape index (κ2) is 9.80. The Bertz CT molecular complexity index is 827. The van der Waals surface area contributed by atoms with Crippen molar-refractivity contribution in [3.05, 3.63) is 35.9 Å². The van der Waals surface area contributed by atoms with Crippen molar-refractivity contribution in [3.8, 4) is 0 Å². The number of amides is 1. The summed E-state index contributed by atoms with van der Waals surface area (Å²) < 4.78 is 5.92. The first-order valence-corrected chi connectivity index (χ1v) is 12.9. The van der Waals surface area contributed by atoms with Gasteiger partial charge in [-0.05, 0) is 73.2 Å². The molecular weight excluding hydrogens is 410 g/mol. The minimum Gasteiger partial charge on any atom is -0.461 e. The van der Waals surface area contributed by atoms with Gasteiger partial charge in [-0.2, -0.15) is 0 Å². The van der Waals surface area contributed by atoms with E-state index in [1.54, 1.807) is 4.90 Å². The van der Waals surface area contributed by atoms with E-state index in [0.717, 1.165) is 19.3 Å². The van der Waals surface area contributed by atoms with E-state index in [9.17, 15) is 9.59 Å². The van der Waals surface area contributed by atoms with Crippen LogP contribution in [0.15, 0.2) is 30.3 Å². The molecule has 3 rings (SSSR count). The second-order valence-corrected chi connectivity index (χ2v) is 12.3. The fourth-order valence-corrected chi connectivity index (χ4v) is 5.82. The molecule has 33 heavy (non-hydrogen) atoms. The van der Waals surface area contributed by atoms with Crippen LogP contribution in [0.4, 0.5) is 0 Å². The summed E-state index contributed by atoms with van der Waals surface area (Å²) in [5.74, 6) is 0.410. The van der Waals surface area contributed by atoms with Gasteiger partial charge in [-0.15, -0.1) is 0 Å². The third-order valence-electron chi connectivity index (χ3n) is 9.18. The third kappa shape index (κ3) is 5.63. The highest BCUT2D eigenvalue weighted by molar-refractivity contribution is 5.85. The minimum absolute atomic E-state index is 0.0739. The number of carbonyl (C=O) groups excluding carboxylic acids is 2. The molecule has 2 fully saturated rings. The Balaban J connectivity index is 1.54. The van der Waals surface area contributed by atoms with Crippen molar-refractivity contribution in [1.29, 1.82) is 0 Å². The highest BCUT2D eigenvalue weighted by Gasteiger charge is 2.48. The Kier molecular flexibility index (Phi) is 7.65. The van der Waals surface area contributed by atoms with E-state index in [1.165, 1.54) is 18.4 Å². The van der Waals surface area contributed by atoms with Gasteiger partial charge in [-0.25, -0.2) is 4.79 Å². The molecule has 1 aliphatic heterocycles. The maximum absolute atomic E-state index is 13.1. The summed E-state index contributed by atoms with van der Waals surface area (Å²) >= 11 is 0. The lowest BCUT2D eigenvalue weighted by molar-refractivity contribution is -0.158. The number of rotatable bonds is 8. The van der Waals surface area contributed by atoms with Crippen molar-refractivity contribution < 1.29 is 14.3 Å². The monoisotopic (exact) mass is 455 g/mol. The molecule has 2 aliphatic rings. The van der Waals surface area contributed by atoms with Crippen molar-refractivity contribution in [3.63, 3.8) is 0 Å². The fraction of sp³-hybridized carbons (Fsp3) is 0.724. The van der Waals surface area contributed by atoms with Crippen molar-refractivity contribution in [2.45, 2.75) is 111 Å². The first-order valence-electron chi connectivity index (χ1n) is 12.9. The van der Waals surface area contributed by atoms with E-state index < -0.39 is 6.04 Å². The zero-order valence-electron chi connectivity index (χ0n) is 21.9. The summed E-state index contributed by atoms with van der Waals surface area (Å²) in [5.41, 5.74) is 1.70. The van der Waals surface area contributed by atoms with Crippen LogP contribution in [0.2, 0.25) is 0 Å². The predicted octanol–water partition coefficient (Wildman–Crippen LogP) is 6.52. The maximum Gasteiger partial charge on any atom is 0.329 e. The Hall–Kier alpha value is -1.84. The molecule has 4 nitrogen and oxygen atoms in total. The quantitative estimate of drug-likeness (QED) is 0.419. The lowest BCUT2D eigenvalue weighted by Crippen LogP contribution is -2.43. The molecule has 1 aromatic rings. The Morgan fingerprint density at radius 3 is 2.39 bits per heavy atom. The van der Waals surface area contributed by atoms with Gasteiger partial charge in [-0.1, -0.05) is 71.9 Å². The number of nitrogens with zero attached hydrogens (tertiary/aromatic N) is 1. The van der Waals surface area contributed by atoms with E-state index >= 15 is 0 Å². The molecule has 1 saturated heterocycles. The molecule has 1 saturated carbocycles. The zero-order valence-corrected chi connectivity index (χ0v) is 21.9. The van der Waals surface area contributed by atoms with Crippen molar-refractivity contribution in [2.24, 2.45) is 16.7 Å². The second-order valence-electron chi connectivity index (χ2n) is 12.3. The molecule has 1 heterocycles. The van der Waals surface area contributed by atoms with Gasteiger partial charge in [-0.3, -0.25) is 4.79 Å². The van der Waals surface area contributed by atoms with Crippen LogP contribution < -0.4 is 0 Å². The summed E-state index contributed by atoms with van der Waals surface area (Å²) in [6.07, 6.45) is 5.97. The lowest BCUT2D eigenvalue weighted by Gasteiger charge is -2.40. The number of benzene rings is 1. The van der Waals surface area contributed by atoms with Gasteiger partial charge < -0.3 is 9.64 Å². The van der Waals surface area contributed by atoms with Gasteiger partial charge >= 0.3 is 5.97 Å². The maximum atomic E-state index is 13.1. The molecule has 0 N–H and O–H groups in total. The van der Waals surface area contributed by atoms with Crippen LogP contribution in [0.25, 0.3) is 0 Å². The van der Waals surface area contributed by atoms with Crippen molar-refractivity contribution in [1.82, 2.24) is 4.90 Å². The molecule has 1 amide bonds. The molecule has 0 radical (unpaired) electrons. The molecule has 184 valence electrons. The Labute approximate surface area is 201 Å². The summed E-state index contributed by atoms with van der Waals surface area (Å²) in [4.78, 5) is 27.9. The summed E-state index contributed by atoms with van der Waals surface area (Å²) in [7, 11) is 0. The van der Waals surface area contributed by atoms with Gasteiger partial charge in [0.25, 0.3) is 0 Å². The highest BCUT2D eigenvalue weighted by Crippen LogP contribution is 2.57. The Morgan fingerprint density at radius 1 is 1.12 bits per heavy atom. The van der Waals surface area contributed by atoms with Gasteiger partial charge in [0.05, 0.1) is 6.10 Å². The number of hydrogen-bond donors (Lipinski definition) is 0. The normalized spacial score (nSPS) is 25.1. The molecule has 0 spiro atoms. The van der Waals surface area contributed by atoms with Gasteiger partial charge in [0.1, 0.15) is 6.04 Å². The van der Waals surface area contributed by atoms with E-state index in [-0.39, 0.29) is 28.8 Å². The molecule has 3 unspecified atom stereocenters. The van der Waals surface area contributed by atoms with Gasteiger partial charge in [0.15, 0.2) is 0 Å². The van der Waals surface area contributed by atoms with Crippen LogP contribution in [-0.4, -0.2) is 35.5 Å². The predicted molar refractivity (Wildman–Crippen MR) is 134 cm³/mol. The molecular formula is C29H45NO3. The molecule has 1 aromatic carbocycles. The fourth-order valence-electron chi connectivity index (χ4n) is 5.82. The first kappa shape index (κ1) is 25.8. The topological polar surface area (TPSA) is 46.6 Å². The molecule has 0 aromatic heterocycles. The van der Waals surface area contributed by atoms with Crippen LogP contribution in [0.5, 0.6) is 0 Å². The number of likely N-dealkylation sites (tertiary alicyclic amines) is 1. The SMILES string of the molecule is CC(CC1CCC(C)(C)C1(C)C)OC(=O)C1CCCN1C(=O)CCC(C)(C)c1ccccc1. The van der Waals surface area contributed by atoms with Crippen molar-refractivity contribution in [2.75, 3.05) is 6.54 Å². The standard InChI is InChI=1S/C29H45NO3/c1-21(20-23-15-18-28(4,5)29(23,6)7)33-26(32)24-14-11-19-30(24)25(31)16-17-27(2,3)22-12-9-8-10-13-22/h8-10,12-13,21,23-24H,11,14-20H2,1-7H3. The van der Waals surface area contributed by atoms with Crippen LogP contribution in [0.3, 0.4) is 0 Å². The summed E-state index contributed by atoms with van der Waals surface area (Å²) in [6, 6.07) is 9.91. The average molecular weight is 456 g/mol. The zero-order chi connectivity index (χ0) is 24.4. The average Bonchev–Trinajstić information content (AvgIpc) is 3.32. The number of ether oxygens (including phenoxy) is 1. The largest absolute Gasteiger partial charge is 0.461 e. The third-order valence-corrected chi connectivity index (χ3v) is 9.18. The molecule has 0 bridgehead atoms. The van der Waals surface area contributed by atoms with Crippen LogP contribution in [-0.2, 0) is 19.7 Å². The van der Waals surface area contributed by atoms with E-state index in [4.69, 9.17) is 4.74 Å². The van der Waals surface area contributed by atoms with E-state index in [1.807, 2.05) is 25.1 Å². The molecule has 1 aliphatic carbocycles. The van der Waals surface area contributed by atoms with Crippen LogP contribution >= 0.6 is 0 Å². The molecule has 3 atom stereocenters. The number of hydrogen-bond acceptors (Lipinski definition) is 3. The summed E-state index contributed by atoms with van der Waals surface area (Å²) in [5, 5.41) is 0. The Morgan fingerprint density at radius 2 is 1.79 bits per heavy atom. The van der Waals surface area contributed by atoms with Gasteiger partial charge in [0, 0.05) is 13.0 Å². The highest BCUT2D eigenvalue weighted by atomic mass is 16.5. The lowest BCUT2D eigenvalue weighted by atomic mass is 9.66. The van der Waals surface area contributed by atoms with E-state index in [2.05, 4.69) is 53.7 Å². The molecule has 4 heteroatoms. The van der Waals surface area contributed by atoms with Crippen LogP contribution in [0, 0.1) is 16.7 Å². The number of carbonyl (C=O) groups is 2. The minimum atomic E-state index is -0.423. The van der Waals surface area contributed by atoms with Gasteiger partial charge in [0.2, 0.25) is 5.91 Å². The van der Waals surface area contributed by atoms with Crippen molar-refractivity contribution >= 4 is 11.9 Å². The van der Waals surface area contributed by atoms with E-state index in [0.29, 0.717) is 30.7 Å². The number of esters is 1. The smallest absolute Gasteiger partial charge is 0.329 e. The van der Waals surface area contributed by atoms with Crippen LogP contribution in [0.1, 0.15) is 99.0 Å². The first-order chi connectivity index (χ1) is 15.3.